The number of nitrogens with zero attached hydrogens (tertiary/aromatic N) is 3. The molecule has 0 saturated heterocycles. The van der Waals surface area contributed by atoms with Crippen LogP contribution >= 0.6 is 0 Å². The zero-order valence-corrected chi connectivity index (χ0v) is 18.1. The molecule has 168 valence electrons. The van der Waals surface area contributed by atoms with Gasteiger partial charge in [0.05, 0.1) is 17.8 Å². The molecule has 3 saturated carbocycles. The minimum atomic E-state index is -0.941. The van der Waals surface area contributed by atoms with Crippen LogP contribution in [-0.2, 0) is 0 Å². The van der Waals surface area contributed by atoms with E-state index in [4.69, 9.17) is 5.10 Å². The first kappa shape index (κ1) is 20.1. The van der Waals surface area contributed by atoms with E-state index in [1.165, 1.54) is 37.7 Å². The van der Waals surface area contributed by atoms with Gasteiger partial charge < -0.3 is 20.6 Å². The van der Waals surface area contributed by atoms with E-state index in [1.54, 1.807) is 10.7 Å². The van der Waals surface area contributed by atoms with Crippen molar-refractivity contribution < 1.29 is 15.3 Å². The molecule has 3 fully saturated rings. The standard InChI is InChI=1S/C25H30N4O3/c30-14-17-10-20(24(32)23(17)31)27-21-5-8-26-22-11-19(28-29(21)22)16-4-1-3-15(9-16)18-12-25(13-18)6-2-7-25/h1,3-5,8-9,11,17-18,20,23-24,27,30-32H,2,6-7,10,12-14H2/t17-,20-,23-,24+/m1/s1. The highest BCUT2D eigenvalue weighted by Crippen LogP contribution is 2.61. The van der Waals surface area contributed by atoms with Crippen molar-refractivity contribution >= 4 is 11.5 Å². The smallest absolute Gasteiger partial charge is 0.157 e. The second-order valence-corrected chi connectivity index (χ2v) is 10.1. The van der Waals surface area contributed by atoms with Gasteiger partial charge in [-0.25, -0.2) is 4.98 Å². The highest BCUT2D eigenvalue weighted by molar-refractivity contribution is 5.66. The average molecular weight is 435 g/mol. The predicted octanol–water partition coefficient (Wildman–Crippen LogP) is 2.96. The Hall–Kier alpha value is -2.48. The van der Waals surface area contributed by atoms with E-state index in [-0.39, 0.29) is 18.6 Å². The fourth-order valence-electron chi connectivity index (χ4n) is 6.04. The first-order chi connectivity index (χ1) is 15.5. The van der Waals surface area contributed by atoms with Gasteiger partial charge in [0, 0.05) is 30.4 Å². The second-order valence-electron chi connectivity index (χ2n) is 10.1. The zero-order valence-electron chi connectivity index (χ0n) is 18.1. The maximum atomic E-state index is 10.4. The van der Waals surface area contributed by atoms with Gasteiger partial charge in [-0.3, -0.25) is 0 Å². The summed E-state index contributed by atoms with van der Waals surface area (Å²) in [4.78, 5) is 4.46. The molecule has 0 radical (unpaired) electrons. The minimum absolute atomic E-state index is 0.146. The fraction of sp³-hybridized carbons (Fsp3) is 0.520. The van der Waals surface area contributed by atoms with E-state index in [9.17, 15) is 15.3 Å². The van der Waals surface area contributed by atoms with Crippen LogP contribution in [0.4, 0.5) is 5.82 Å². The predicted molar refractivity (Wildman–Crippen MR) is 121 cm³/mol. The molecule has 6 rings (SSSR count). The van der Waals surface area contributed by atoms with Crippen LogP contribution in [0, 0.1) is 11.3 Å². The summed E-state index contributed by atoms with van der Waals surface area (Å²) in [7, 11) is 0. The molecule has 0 aliphatic heterocycles. The number of anilines is 1. The second kappa shape index (κ2) is 7.54. The SMILES string of the molecule is OC[C@H]1C[C@@H](Nc2ccnc3cc(-c4cccc(C5CC6(CCC6)C5)c4)nn23)[C@H](O)[C@@H]1O. The van der Waals surface area contributed by atoms with Crippen molar-refractivity contribution in [3.05, 3.63) is 48.2 Å². The van der Waals surface area contributed by atoms with E-state index >= 15 is 0 Å². The summed E-state index contributed by atoms with van der Waals surface area (Å²) in [6.45, 7) is -0.146. The van der Waals surface area contributed by atoms with Crippen molar-refractivity contribution in [2.75, 3.05) is 11.9 Å². The van der Waals surface area contributed by atoms with Crippen LogP contribution in [-0.4, -0.2) is 54.8 Å². The van der Waals surface area contributed by atoms with Gasteiger partial charge in [-0.2, -0.15) is 9.61 Å². The number of aliphatic hydroxyl groups excluding tert-OH is 3. The number of aliphatic hydroxyl groups is 3. The summed E-state index contributed by atoms with van der Waals surface area (Å²) < 4.78 is 1.75. The minimum Gasteiger partial charge on any atom is -0.396 e. The lowest BCUT2D eigenvalue weighted by molar-refractivity contribution is 0.00444. The maximum absolute atomic E-state index is 10.4. The van der Waals surface area contributed by atoms with Crippen LogP contribution in [0.5, 0.6) is 0 Å². The van der Waals surface area contributed by atoms with Gasteiger partial charge >= 0.3 is 0 Å². The topological polar surface area (TPSA) is 103 Å². The maximum Gasteiger partial charge on any atom is 0.157 e. The summed E-state index contributed by atoms with van der Waals surface area (Å²) in [5.41, 5.74) is 4.74. The molecule has 32 heavy (non-hydrogen) atoms. The third-order valence-electron chi connectivity index (χ3n) is 8.15. The number of hydrogen-bond donors (Lipinski definition) is 4. The molecular formula is C25H30N4O3. The average Bonchev–Trinajstić information content (AvgIpc) is 3.29. The molecule has 0 bridgehead atoms. The molecular weight excluding hydrogens is 404 g/mol. The van der Waals surface area contributed by atoms with Gasteiger partial charge in [0.25, 0.3) is 0 Å². The molecule has 0 amide bonds. The molecule has 2 aromatic heterocycles. The molecule has 7 nitrogen and oxygen atoms in total. The third-order valence-corrected chi connectivity index (χ3v) is 8.15. The molecule has 1 spiro atoms. The first-order valence-electron chi connectivity index (χ1n) is 11.7. The first-order valence-corrected chi connectivity index (χ1v) is 11.7. The van der Waals surface area contributed by atoms with Gasteiger partial charge in [-0.05, 0) is 61.1 Å². The summed E-state index contributed by atoms with van der Waals surface area (Å²) in [5, 5.41) is 38.1. The van der Waals surface area contributed by atoms with E-state index < -0.39 is 12.2 Å². The van der Waals surface area contributed by atoms with Crippen molar-refractivity contribution in [1.82, 2.24) is 14.6 Å². The number of aromatic nitrogens is 3. The van der Waals surface area contributed by atoms with Crippen molar-refractivity contribution in [3.63, 3.8) is 0 Å². The van der Waals surface area contributed by atoms with E-state index in [0.717, 1.165) is 16.9 Å². The molecule has 3 aromatic rings. The highest BCUT2D eigenvalue weighted by atomic mass is 16.3. The molecule has 0 unspecified atom stereocenters. The summed E-state index contributed by atoms with van der Waals surface area (Å²) >= 11 is 0. The summed E-state index contributed by atoms with van der Waals surface area (Å²) in [5.74, 6) is 1.04. The van der Waals surface area contributed by atoms with Crippen LogP contribution < -0.4 is 5.32 Å². The Kier molecular flexibility index (Phi) is 4.75. The number of fused-ring (bicyclic) bond motifs is 1. The lowest BCUT2D eigenvalue weighted by Gasteiger charge is -2.54. The molecule has 1 aromatic carbocycles. The number of benzene rings is 1. The van der Waals surface area contributed by atoms with Crippen molar-refractivity contribution in [3.8, 4) is 11.3 Å². The van der Waals surface area contributed by atoms with Crippen LogP contribution in [0.1, 0.15) is 50.0 Å². The summed E-state index contributed by atoms with van der Waals surface area (Å²) in [6.07, 6.45) is 7.18. The van der Waals surface area contributed by atoms with Gasteiger partial charge in [-0.15, -0.1) is 0 Å². The number of rotatable bonds is 5. The Morgan fingerprint density at radius 2 is 1.94 bits per heavy atom. The van der Waals surface area contributed by atoms with Gasteiger partial charge in [0.2, 0.25) is 0 Å². The van der Waals surface area contributed by atoms with Crippen LogP contribution in [0.25, 0.3) is 16.9 Å². The summed E-state index contributed by atoms with van der Waals surface area (Å²) in [6, 6.07) is 12.2. The zero-order chi connectivity index (χ0) is 21.9. The van der Waals surface area contributed by atoms with Crippen LogP contribution in [0.15, 0.2) is 42.6 Å². The largest absolute Gasteiger partial charge is 0.396 e. The Balaban J connectivity index is 1.25. The Bertz CT molecular complexity index is 1130. The molecule has 2 heterocycles. The fourth-order valence-corrected chi connectivity index (χ4v) is 6.04. The molecule has 3 aliphatic rings. The Morgan fingerprint density at radius 1 is 1.09 bits per heavy atom. The van der Waals surface area contributed by atoms with Crippen LogP contribution in [0.3, 0.4) is 0 Å². The van der Waals surface area contributed by atoms with Crippen molar-refractivity contribution in [2.24, 2.45) is 11.3 Å². The van der Waals surface area contributed by atoms with Crippen LogP contribution in [0.2, 0.25) is 0 Å². The monoisotopic (exact) mass is 434 g/mol. The number of nitrogens with one attached hydrogen (secondary N) is 1. The molecule has 3 aliphatic carbocycles. The van der Waals surface area contributed by atoms with Gasteiger partial charge in [0.15, 0.2) is 5.65 Å². The lowest BCUT2D eigenvalue weighted by Crippen LogP contribution is -2.41. The lowest BCUT2D eigenvalue weighted by atomic mass is 9.51. The highest BCUT2D eigenvalue weighted by Gasteiger charge is 2.48. The third kappa shape index (κ3) is 3.22. The van der Waals surface area contributed by atoms with Gasteiger partial charge in [0.1, 0.15) is 11.9 Å². The molecule has 4 atom stereocenters. The van der Waals surface area contributed by atoms with E-state index in [2.05, 4.69) is 34.6 Å². The normalized spacial score (nSPS) is 29.2. The Morgan fingerprint density at radius 3 is 2.66 bits per heavy atom. The van der Waals surface area contributed by atoms with E-state index in [1.807, 2.05) is 12.1 Å². The van der Waals surface area contributed by atoms with E-state index in [0.29, 0.717) is 23.6 Å². The quantitative estimate of drug-likeness (QED) is 0.492. The Labute approximate surface area is 187 Å². The van der Waals surface area contributed by atoms with Gasteiger partial charge in [-0.1, -0.05) is 24.6 Å². The number of hydrogen-bond acceptors (Lipinski definition) is 6. The van der Waals surface area contributed by atoms with Crippen molar-refractivity contribution in [1.29, 1.82) is 0 Å². The van der Waals surface area contributed by atoms with Crippen molar-refractivity contribution in [2.45, 2.75) is 62.7 Å². The molecule has 4 N–H and O–H groups in total. The molecule has 7 heteroatoms.